The second-order valence-corrected chi connectivity index (χ2v) is 7.38. The van der Waals surface area contributed by atoms with Crippen LogP contribution in [0.2, 0.25) is 0 Å². The van der Waals surface area contributed by atoms with E-state index in [1.165, 1.54) is 11.3 Å². The van der Waals surface area contributed by atoms with Crippen molar-refractivity contribution in [2.75, 3.05) is 13.1 Å². The lowest BCUT2D eigenvalue weighted by Crippen LogP contribution is -2.38. The van der Waals surface area contributed by atoms with Gasteiger partial charge in [-0.25, -0.2) is 4.79 Å². The Morgan fingerprint density at radius 3 is 2.44 bits per heavy atom. The third kappa shape index (κ3) is 3.63. The number of hydrogen-bond donors (Lipinski definition) is 0. The summed E-state index contributed by atoms with van der Waals surface area (Å²) in [6, 6.07) is 15.2. The third-order valence-corrected chi connectivity index (χ3v) is 5.48. The zero-order valence-corrected chi connectivity index (χ0v) is 15.1. The van der Waals surface area contributed by atoms with Gasteiger partial charge in [0.15, 0.2) is 0 Å². The number of rotatable bonds is 6. The fourth-order valence-electron chi connectivity index (χ4n) is 3.65. The fourth-order valence-corrected chi connectivity index (χ4v) is 3.65. The molecule has 2 aromatic rings. The lowest BCUT2D eigenvalue weighted by molar-refractivity contribution is -0.126. The number of hydrogen-bond acceptors (Lipinski definition) is 3. The van der Waals surface area contributed by atoms with E-state index in [1.54, 1.807) is 11.0 Å². The monoisotopic (exact) mass is 362 g/mol. The molecule has 4 rings (SSSR count). The SMILES string of the molecule is O=Cc1cccc(-c2ccc(CN3CC(=O)N(CC4CCC4)C3=O)cc2)c1. The minimum atomic E-state index is -0.172. The van der Waals surface area contributed by atoms with Crippen LogP contribution in [0, 0.1) is 5.92 Å². The predicted molar refractivity (Wildman–Crippen MR) is 102 cm³/mol. The molecule has 1 saturated carbocycles. The van der Waals surface area contributed by atoms with Crippen LogP contribution in [0.1, 0.15) is 35.2 Å². The van der Waals surface area contributed by atoms with Gasteiger partial charge in [0, 0.05) is 18.7 Å². The van der Waals surface area contributed by atoms with E-state index in [0.29, 0.717) is 24.6 Å². The number of urea groups is 1. The van der Waals surface area contributed by atoms with E-state index in [9.17, 15) is 14.4 Å². The van der Waals surface area contributed by atoms with Gasteiger partial charge < -0.3 is 4.90 Å². The van der Waals surface area contributed by atoms with E-state index in [1.807, 2.05) is 42.5 Å². The third-order valence-electron chi connectivity index (χ3n) is 5.48. The average Bonchev–Trinajstić information content (AvgIpc) is 2.92. The Bertz CT molecular complexity index is 871. The summed E-state index contributed by atoms with van der Waals surface area (Å²) in [5.41, 5.74) is 3.62. The molecule has 1 aliphatic carbocycles. The van der Waals surface area contributed by atoms with Gasteiger partial charge in [-0.2, -0.15) is 0 Å². The van der Waals surface area contributed by atoms with Crippen LogP contribution in [-0.2, 0) is 11.3 Å². The lowest BCUT2D eigenvalue weighted by Gasteiger charge is -2.28. The molecule has 27 heavy (non-hydrogen) atoms. The first kappa shape index (κ1) is 17.5. The second-order valence-electron chi connectivity index (χ2n) is 7.38. The number of carbonyl (C=O) groups is 3. The van der Waals surface area contributed by atoms with Crippen molar-refractivity contribution in [2.45, 2.75) is 25.8 Å². The molecule has 5 nitrogen and oxygen atoms in total. The van der Waals surface area contributed by atoms with E-state index in [0.717, 1.165) is 35.8 Å². The highest BCUT2D eigenvalue weighted by Gasteiger charge is 2.37. The normalized spacial score (nSPS) is 17.3. The highest BCUT2D eigenvalue weighted by Crippen LogP contribution is 2.29. The van der Waals surface area contributed by atoms with Gasteiger partial charge in [0.1, 0.15) is 12.8 Å². The summed E-state index contributed by atoms with van der Waals surface area (Å²) < 4.78 is 0. The van der Waals surface area contributed by atoms with Gasteiger partial charge in [-0.3, -0.25) is 14.5 Å². The molecule has 0 aromatic heterocycles. The molecule has 2 aliphatic rings. The van der Waals surface area contributed by atoms with E-state index < -0.39 is 0 Å². The van der Waals surface area contributed by atoms with E-state index in [-0.39, 0.29) is 18.5 Å². The van der Waals surface area contributed by atoms with Crippen molar-refractivity contribution in [2.24, 2.45) is 5.92 Å². The molecule has 1 aliphatic heterocycles. The predicted octanol–water partition coefficient (Wildman–Crippen LogP) is 3.73. The Balaban J connectivity index is 1.43. The smallest absolute Gasteiger partial charge is 0.311 e. The van der Waals surface area contributed by atoms with Crippen molar-refractivity contribution >= 4 is 18.2 Å². The van der Waals surface area contributed by atoms with Gasteiger partial charge in [0.25, 0.3) is 0 Å². The quantitative estimate of drug-likeness (QED) is 0.581. The van der Waals surface area contributed by atoms with Gasteiger partial charge >= 0.3 is 6.03 Å². The van der Waals surface area contributed by atoms with Crippen molar-refractivity contribution < 1.29 is 14.4 Å². The van der Waals surface area contributed by atoms with Crippen molar-refractivity contribution in [3.8, 4) is 11.1 Å². The largest absolute Gasteiger partial charge is 0.327 e. The molecule has 138 valence electrons. The molecule has 1 heterocycles. The fraction of sp³-hybridized carbons (Fsp3) is 0.318. The molecule has 3 amide bonds. The van der Waals surface area contributed by atoms with Gasteiger partial charge in [0.2, 0.25) is 5.91 Å². The minimum absolute atomic E-state index is 0.0887. The van der Waals surface area contributed by atoms with Crippen LogP contribution in [0.15, 0.2) is 48.5 Å². The molecule has 0 spiro atoms. The summed E-state index contributed by atoms with van der Waals surface area (Å²) in [4.78, 5) is 38.7. The maximum absolute atomic E-state index is 12.6. The summed E-state index contributed by atoms with van der Waals surface area (Å²) in [5, 5.41) is 0. The maximum atomic E-state index is 12.6. The molecule has 0 bridgehead atoms. The summed E-state index contributed by atoms with van der Waals surface area (Å²) >= 11 is 0. The Kier molecular flexibility index (Phi) is 4.75. The first-order valence-corrected chi connectivity index (χ1v) is 9.38. The minimum Gasteiger partial charge on any atom is -0.311 e. The van der Waals surface area contributed by atoms with Gasteiger partial charge in [-0.05, 0) is 41.5 Å². The van der Waals surface area contributed by atoms with E-state index in [4.69, 9.17) is 0 Å². The first-order chi connectivity index (χ1) is 13.1. The van der Waals surface area contributed by atoms with Crippen molar-refractivity contribution in [3.63, 3.8) is 0 Å². The molecule has 0 atom stereocenters. The van der Waals surface area contributed by atoms with Gasteiger partial charge in [-0.15, -0.1) is 0 Å². The van der Waals surface area contributed by atoms with Crippen LogP contribution in [0.4, 0.5) is 4.79 Å². The molecule has 2 aromatic carbocycles. The Morgan fingerprint density at radius 1 is 1.00 bits per heavy atom. The Labute approximate surface area is 158 Å². The topological polar surface area (TPSA) is 57.7 Å². The van der Waals surface area contributed by atoms with Crippen LogP contribution in [0.25, 0.3) is 11.1 Å². The Hall–Kier alpha value is -2.95. The first-order valence-electron chi connectivity index (χ1n) is 9.38. The maximum Gasteiger partial charge on any atom is 0.327 e. The number of imide groups is 1. The zero-order valence-electron chi connectivity index (χ0n) is 15.1. The standard InChI is InChI=1S/C22H22N2O3/c25-15-18-5-2-6-20(11-18)19-9-7-17(8-10-19)12-23-14-21(26)24(22(23)27)13-16-3-1-4-16/h2,5-11,15-16H,1,3-4,12-14H2. The summed E-state index contributed by atoms with van der Waals surface area (Å²) in [5.74, 6) is 0.397. The van der Waals surface area contributed by atoms with Crippen LogP contribution in [0.5, 0.6) is 0 Å². The number of carbonyl (C=O) groups excluding carboxylic acids is 3. The van der Waals surface area contributed by atoms with Crippen molar-refractivity contribution in [1.82, 2.24) is 9.80 Å². The number of nitrogens with zero attached hydrogens (tertiary/aromatic N) is 2. The lowest BCUT2D eigenvalue weighted by atomic mass is 9.85. The molecular weight excluding hydrogens is 340 g/mol. The van der Waals surface area contributed by atoms with Gasteiger partial charge in [-0.1, -0.05) is 48.9 Å². The van der Waals surface area contributed by atoms with Crippen LogP contribution in [0.3, 0.4) is 0 Å². The van der Waals surface area contributed by atoms with Crippen LogP contribution >= 0.6 is 0 Å². The number of aldehydes is 1. The zero-order chi connectivity index (χ0) is 18.8. The number of amides is 3. The summed E-state index contributed by atoms with van der Waals surface area (Å²) in [7, 11) is 0. The molecule has 0 N–H and O–H groups in total. The molecule has 2 fully saturated rings. The molecule has 0 radical (unpaired) electrons. The highest BCUT2D eigenvalue weighted by atomic mass is 16.2. The second kappa shape index (κ2) is 7.35. The van der Waals surface area contributed by atoms with Gasteiger partial charge in [0.05, 0.1) is 0 Å². The number of benzene rings is 2. The summed E-state index contributed by atoms with van der Waals surface area (Å²) in [6.07, 6.45) is 4.27. The molecule has 5 heteroatoms. The van der Waals surface area contributed by atoms with E-state index in [2.05, 4.69) is 0 Å². The Morgan fingerprint density at radius 2 is 1.78 bits per heavy atom. The summed E-state index contributed by atoms with van der Waals surface area (Å²) in [6.45, 7) is 1.16. The van der Waals surface area contributed by atoms with Crippen LogP contribution < -0.4 is 0 Å². The van der Waals surface area contributed by atoms with Crippen LogP contribution in [-0.4, -0.2) is 41.1 Å². The highest BCUT2D eigenvalue weighted by molar-refractivity contribution is 6.02. The molecule has 0 unspecified atom stereocenters. The molecular formula is C22H22N2O3. The molecule has 1 saturated heterocycles. The average molecular weight is 362 g/mol. The van der Waals surface area contributed by atoms with Crippen molar-refractivity contribution in [3.05, 3.63) is 59.7 Å². The van der Waals surface area contributed by atoms with E-state index >= 15 is 0 Å². The van der Waals surface area contributed by atoms with Crippen molar-refractivity contribution in [1.29, 1.82) is 0 Å².